The van der Waals surface area contributed by atoms with E-state index in [1.165, 1.54) is 0 Å². The van der Waals surface area contributed by atoms with Crippen LogP contribution in [0.4, 0.5) is 5.95 Å². The lowest BCUT2D eigenvalue weighted by Gasteiger charge is -2.39. The Balaban J connectivity index is 1.79. The van der Waals surface area contributed by atoms with Crippen molar-refractivity contribution in [2.24, 2.45) is 0 Å². The first kappa shape index (κ1) is 16.4. The normalized spacial score (nSPS) is 16.9. The third-order valence-corrected chi connectivity index (χ3v) is 4.83. The number of carbonyl (C=O) groups excluding carboxylic acids is 1. The zero-order valence-electron chi connectivity index (χ0n) is 14.7. The predicted octanol–water partition coefficient (Wildman–Crippen LogP) is 1.73. The van der Waals surface area contributed by atoms with E-state index in [4.69, 9.17) is 0 Å². The molecule has 1 amide bonds. The minimum absolute atomic E-state index is 0.0972. The van der Waals surface area contributed by atoms with Crippen molar-refractivity contribution < 1.29 is 4.79 Å². The van der Waals surface area contributed by atoms with E-state index in [0.29, 0.717) is 5.56 Å². The first-order valence-corrected chi connectivity index (χ1v) is 8.26. The van der Waals surface area contributed by atoms with E-state index in [1.54, 1.807) is 13.2 Å². The summed E-state index contributed by atoms with van der Waals surface area (Å²) in [5, 5.41) is 9.81. The first-order valence-electron chi connectivity index (χ1n) is 8.26. The number of H-pyrrole nitrogens is 1. The molecule has 1 aliphatic rings. The van der Waals surface area contributed by atoms with Gasteiger partial charge in [-0.1, -0.05) is 6.92 Å². The Kier molecular flexibility index (Phi) is 4.26. The highest BCUT2D eigenvalue weighted by molar-refractivity contribution is 5.95. The lowest BCUT2D eigenvalue weighted by molar-refractivity contribution is 0.0960. The maximum atomic E-state index is 12.0. The lowest BCUT2D eigenvalue weighted by atomic mass is 9.76. The molecule has 3 heterocycles. The molecular formula is C17H24N6O. The molecule has 0 saturated carbocycles. The third-order valence-electron chi connectivity index (χ3n) is 4.83. The number of piperidine rings is 1. The van der Waals surface area contributed by atoms with Crippen molar-refractivity contribution in [1.82, 2.24) is 25.5 Å². The van der Waals surface area contributed by atoms with Gasteiger partial charge < -0.3 is 10.2 Å². The van der Waals surface area contributed by atoms with Crippen LogP contribution >= 0.6 is 0 Å². The third kappa shape index (κ3) is 2.98. The molecule has 3 rings (SSSR count). The van der Waals surface area contributed by atoms with E-state index in [9.17, 15) is 4.79 Å². The van der Waals surface area contributed by atoms with Crippen LogP contribution in [0.3, 0.4) is 0 Å². The number of amides is 1. The number of nitrogens with zero attached hydrogens (tertiary/aromatic N) is 4. The summed E-state index contributed by atoms with van der Waals surface area (Å²) in [4.78, 5) is 23.4. The second-order valence-corrected chi connectivity index (χ2v) is 6.74. The molecule has 0 aliphatic carbocycles. The molecule has 2 aromatic heterocycles. The Labute approximate surface area is 141 Å². The first-order chi connectivity index (χ1) is 11.4. The fourth-order valence-electron chi connectivity index (χ4n) is 3.35. The van der Waals surface area contributed by atoms with E-state index in [2.05, 4.69) is 37.3 Å². The molecule has 128 valence electrons. The van der Waals surface area contributed by atoms with Crippen LogP contribution < -0.4 is 10.2 Å². The second-order valence-electron chi connectivity index (χ2n) is 6.74. The van der Waals surface area contributed by atoms with Gasteiger partial charge in [0.2, 0.25) is 5.95 Å². The molecule has 0 unspecified atom stereocenters. The van der Waals surface area contributed by atoms with Crippen LogP contribution in [0.1, 0.15) is 47.2 Å². The topological polar surface area (TPSA) is 86.8 Å². The number of nitrogens with one attached hydrogen (secondary N) is 2. The Morgan fingerprint density at radius 1 is 1.25 bits per heavy atom. The number of anilines is 1. The minimum atomic E-state index is -0.103. The quantitative estimate of drug-likeness (QED) is 0.896. The summed E-state index contributed by atoms with van der Waals surface area (Å²) in [7, 11) is 1.64. The second kappa shape index (κ2) is 6.22. The van der Waals surface area contributed by atoms with Crippen LogP contribution in [-0.4, -0.2) is 46.2 Å². The molecular weight excluding hydrogens is 304 g/mol. The fraction of sp³-hybridized carbons (Fsp3) is 0.529. The number of aryl methyl sites for hydroxylation is 2. The number of aromatic amines is 1. The SMILES string of the molecule is CNC(=O)c1cn[nH]c1C1(C)CCN(c2nc(C)cc(C)n2)CC1. The number of aromatic nitrogens is 4. The standard InChI is InChI=1S/C17H24N6O/c1-11-9-12(2)21-16(20-11)23-7-5-17(3,6-8-23)14-13(10-19-22-14)15(24)18-4/h9-10H,5-8H2,1-4H3,(H,18,24)(H,19,22). The van der Waals surface area contributed by atoms with Crippen LogP contribution in [-0.2, 0) is 5.41 Å². The predicted molar refractivity (Wildman–Crippen MR) is 92.3 cm³/mol. The van der Waals surface area contributed by atoms with Gasteiger partial charge >= 0.3 is 0 Å². The Bertz CT molecular complexity index is 725. The number of hydrogen-bond acceptors (Lipinski definition) is 5. The molecule has 7 nitrogen and oxygen atoms in total. The summed E-state index contributed by atoms with van der Waals surface area (Å²) < 4.78 is 0. The summed E-state index contributed by atoms with van der Waals surface area (Å²) >= 11 is 0. The van der Waals surface area contributed by atoms with Gasteiger partial charge in [0.25, 0.3) is 5.91 Å². The van der Waals surface area contributed by atoms with Crippen molar-refractivity contribution in [2.45, 2.75) is 39.0 Å². The van der Waals surface area contributed by atoms with Crippen LogP contribution in [0.25, 0.3) is 0 Å². The number of carbonyl (C=O) groups is 1. The van der Waals surface area contributed by atoms with Crippen LogP contribution in [0.5, 0.6) is 0 Å². The van der Waals surface area contributed by atoms with E-state index >= 15 is 0 Å². The number of rotatable bonds is 3. The van der Waals surface area contributed by atoms with Gasteiger partial charge in [-0.05, 0) is 32.8 Å². The summed E-state index contributed by atoms with van der Waals surface area (Å²) in [6.07, 6.45) is 3.43. The van der Waals surface area contributed by atoms with Gasteiger partial charge in [0.1, 0.15) is 0 Å². The Morgan fingerprint density at radius 3 is 2.46 bits per heavy atom. The van der Waals surface area contributed by atoms with Crippen molar-refractivity contribution in [2.75, 3.05) is 25.0 Å². The van der Waals surface area contributed by atoms with Crippen molar-refractivity contribution in [3.63, 3.8) is 0 Å². The Morgan fingerprint density at radius 2 is 1.88 bits per heavy atom. The van der Waals surface area contributed by atoms with Gasteiger partial charge in [-0.3, -0.25) is 9.89 Å². The highest BCUT2D eigenvalue weighted by Gasteiger charge is 2.36. The van der Waals surface area contributed by atoms with Crippen molar-refractivity contribution in [3.05, 3.63) is 34.9 Å². The summed E-state index contributed by atoms with van der Waals surface area (Å²) in [5.41, 5.74) is 3.43. The van der Waals surface area contributed by atoms with E-state index in [-0.39, 0.29) is 11.3 Å². The molecule has 1 fully saturated rings. The van der Waals surface area contributed by atoms with Gasteiger partial charge in [-0.25, -0.2) is 9.97 Å². The maximum absolute atomic E-state index is 12.0. The smallest absolute Gasteiger partial charge is 0.254 e. The van der Waals surface area contributed by atoms with E-state index in [1.807, 2.05) is 19.9 Å². The minimum Gasteiger partial charge on any atom is -0.355 e. The molecule has 2 aromatic rings. The van der Waals surface area contributed by atoms with Crippen molar-refractivity contribution in [3.8, 4) is 0 Å². The molecule has 1 saturated heterocycles. The average Bonchev–Trinajstić information content (AvgIpc) is 3.04. The summed E-state index contributed by atoms with van der Waals surface area (Å²) in [6, 6.07) is 1.98. The molecule has 2 N–H and O–H groups in total. The zero-order valence-corrected chi connectivity index (χ0v) is 14.7. The zero-order chi connectivity index (χ0) is 17.3. The van der Waals surface area contributed by atoms with Crippen LogP contribution in [0.2, 0.25) is 0 Å². The Hall–Kier alpha value is -2.44. The molecule has 0 spiro atoms. The molecule has 0 atom stereocenters. The lowest BCUT2D eigenvalue weighted by Crippen LogP contribution is -2.43. The monoisotopic (exact) mass is 328 g/mol. The molecule has 0 radical (unpaired) electrons. The molecule has 7 heteroatoms. The highest BCUT2D eigenvalue weighted by atomic mass is 16.1. The van der Waals surface area contributed by atoms with Gasteiger partial charge in [-0.2, -0.15) is 5.10 Å². The van der Waals surface area contributed by atoms with Gasteiger partial charge in [0.15, 0.2) is 0 Å². The molecule has 0 aromatic carbocycles. The van der Waals surface area contributed by atoms with E-state index in [0.717, 1.165) is 49.0 Å². The van der Waals surface area contributed by atoms with Gasteiger partial charge in [0.05, 0.1) is 17.5 Å². The molecule has 24 heavy (non-hydrogen) atoms. The molecule has 1 aliphatic heterocycles. The molecule has 0 bridgehead atoms. The summed E-state index contributed by atoms with van der Waals surface area (Å²) in [6.45, 7) is 7.88. The largest absolute Gasteiger partial charge is 0.355 e. The van der Waals surface area contributed by atoms with Crippen molar-refractivity contribution in [1.29, 1.82) is 0 Å². The average molecular weight is 328 g/mol. The fourth-order valence-corrected chi connectivity index (χ4v) is 3.35. The number of hydrogen-bond donors (Lipinski definition) is 2. The van der Waals surface area contributed by atoms with Crippen LogP contribution in [0.15, 0.2) is 12.3 Å². The van der Waals surface area contributed by atoms with Crippen molar-refractivity contribution >= 4 is 11.9 Å². The summed E-state index contributed by atoms with van der Waals surface area (Å²) in [5.74, 6) is 0.700. The van der Waals surface area contributed by atoms with Gasteiger partial charge in [0, 0.05) is 36.9 Å². The van der Waals surface area contributed by atoms with Gasteiger partial charge in [-0.15, -0.1) is 0 Å². The van der Waals surface area contributed by atoms with E-state index < -0.39 is 0 Å². The highest BCUT2D eigenvalue weighted by Crippen LogP contribution is 2.36. The maximum Gasteiger partial charge on any atom is 0.254 e. The van der Waals surface area contributed by atoms with Crippen LogP contribution in [0, 0.1) is 13.8 Å².